The molecular formula is C62H104NO8+. The summed E-state index contributed by atoms with van der Waals surface area (Å²) in [6, 6.07) is 0. The smallest absolute Gasteiger partial charge is 0.361 e. The fourth-order valence-electron chi connectivity index (χ4n) is 7.27. The van der Waals surface area contributed by atoms with Crippen LogP contribution >= 0.6 is 0 Å². The molecule has 0 rings (SSSR count). The van der Waals surface area contributed by atoms with Crippen LogP contribution in [0.15, 0.2) is 109 Å². The number of carboxylic acid groups (broad SMARTS) is 1. The lowest BCUT2D eigenvalue weighted by Gasteiger charge is -2.25. The highest BCUT2D eigenvalue weighted by molar-refractivity contribution is 5.71. The van der Waals surface area contributed by atoms with Gasteiger partial charge in [-0.1, -0.05) is 207 Å². The highest BCUT2D eigenvalue weighted by atomic mass is 16.7. The molecular weight excluding hydrogens is 887 g/mol. The predicted octanol–water partition coefficient (Wildman–Crippen LogP) is 16.3. The molecule has 0 amide bonds. The summed E-state index contributed by atoms with van der Waals surface area (Å²) in [6.07, 6.45) is 68.7. The number of nitrogens with zero attached hydrogens (tertiary/aromatic N) is 1. The van der Waals surface area contributed by atoms with Crippen molar-refractivity contribution >= 4 is 17.9 Å². The van der Waals surface area contributed by atoms with Crippen LogP contribution < -0.4 is 0 Å². The van der Waals surface area contributed by atoms with Crippen molar-refractivity contribution in [2.45, 2.75) is 219 Å². The van der Waals surface area contributed by atoms with Crippen molar-refractivity contribution in [3.05, 3.63) is 109 Å². The molecule has 0 aliphatic rings. The fraction of sp³-hybridized carbons (Fsp3) is 0.661. The zero-order valence-corrected chi connectivity index (χ0v) is 45.8. The second kappa shape index (κ2) is 52.3. The van der Waals surface area contributed by atoms with Crippen molar-refractivity contribution in [3.63, 3.8) is 0 Å². The van der Waals surface area contributed by atoms with Gasteiger partial charge in [0.1, 0.15) is 13.2 Å². The number of aliphatic carboxylic acids is 1. The number of esters is 2. The average molecular weight is 992 g/mol. The van der Waals surface area contributed by atoms with Gasteiger partial charge in [0.15, 0.2) is 6.10 Å². The van der Waals surface area contributed by atoms with Crippen LogP contribution in [0.2, 0.25) is 0 Å². The summed E-state index contributed by atoms with van der Waals surface area (Å²) in [7, 11) is 5.95. The second-order valence-corrected chi connectivity index (χ2v) is 19.5. The minimum atomic E-state index is -1.52. The summed E-state index contributed by atoms with van der Waals surface area (Å²) in [6.45, 7) is 4.62. The molecule has 1 N–H and O–H groups in total. The SMILES string of the molecule is CC/C=C\C/C=C\C/C=C\C/C=C\C/C=C\C/C=C\CCCCCCCCCCCCC(=O)OC(COC(=O)CCCCCCCCC/C=C\C/C=C\C/C=C\CC)COC(OCC[N+](C)(C)C)C(=O)O. The van der Waals surface area contributed by atoms with Crippen molar-refractivity contribution in [2.24, 2.45) is 0 Å². The van der Waals surface area contributed by atoms with E-state index < -0.39 is 24.3 Å². The van der Waals surface area contributed by atoms with E-state index in [0.717, 1.165) is 116 Å². The summed E-state index contributed by atoms with van der Waals surface area (Å²) in [5.41, 5.74) is 0. The number of unbranched alkanes of at least 4 members (excludes halogenated alkanes) is 17. The van der Waals surface area contributed by atoms with Gasteiger partial charge in [0.25, 0.3) is 6.29 Å². The standard InChI is InChI=1S/C62H103NO8/c1-6-8-10-12-14-16-18-20-22-24-25-26-27-28-29-30-31-32-33-34-35-37-39-41-43-45-47-49-51-53-60(65)71-58(57-70-62(61(66)67)68-55-54-63(3,4)5)56-69-59(64)52-50-48-46-44-42-40-38-36-23-21-19-17-15-13-11-9-7-2/h8-11,14-17,20-23,25-26,28-29,31-32,58,62H,6-7,12-13,18-19,24,27,30,33-57H2,1-5H3/p+1/b10-8-,11-9-,16-14-,17-15-,22-20-,23-21-,26-25-,29-28-,32-31-. The Hall–Kier alpha value is -4.05. The number of hydrogen-bond donors (Lipinski definition) is 1. The van der Waals surface area contributed by atoms with Gasteiger partial charge in [-0.3, -0.25) is 9.59 Å². The Morgan fingerprint density at radius 2 is 0.761 bits per heavy atom. The zero-order chi connectivity index (χ0) is 52.0. The number of carboxylic acids is 1. The first-order chi connectivity index (χ1) is 34.6. The molecule has 2 unspecified atom stereocenters. The lowest BCUT2D eigenvalue weighted by Crippen LogP contribution is -2.40. The van der Waals surface area contributed by atoms with E-state index in [4.69, 9.17) is 18.9 Å². The minimum Gasteiger partial charge on any atom is -0.477 e. The van der Waals surface area contributed by atoms with Gasteiger partial charge in [-0.25, -0.2) is 4.79 Å². The van der Waals surface area contributed by atoms with Gasteiger partial charge >= 0.3 is 17.9 Å². The fourth-order valence-corrected chi connectivity index (χ4v) is 7.27. The van der Waals surface area contributed by atoms with Gasteiger partial charge in [0, 0.05) is 12.8 Å². The highest BCUT2D eigenvalue weighted by Gasteiger charge is 2.25. The Kier molecular flexibility index (Phi) is 49.3. The van der Waals surface area contributed by atoms with E-state index in [1.54, 1.807) is 0 Å². The molecule has 9 nitrogen and oxygen atoms in total. The molecule has 71 heavy (non-hydrogen) atoms. The van der Waals surface area contributed by atoms with Gasteiger partial charge in [0.05, 0.1) is 34.4 Å². The number of rotatable bonds is 50. The number of quaternary nitrogens is 1. The Balaban J connectivity index is 4.28. The van der Waals surface area contributed by atoms with Gasteiger partial charge in [-0.2, -0.15) is 0 Å². The zero-order valence-electron chi connectivity index (χ0n) is 45.8. The molecule has 0 aliphatic heterocycles. The number of ether oxygens (including phenoxy) is 4. The lowest BCUT2D eigenvalue weighted by molar-refractivity contribution is -0.870. The molecule has 0 aromatic carbocycles. The number of carbonyl (C=O) groups is 3. The third-order valence-corrected chi connectivity index (χ3v) is 11.5. The first-order valence-electron chi connectivity index (χ1n) is 28.1. The van der Waals surface area contributed by atoms with E-state index in [2.05, 4.69) is 123 Å². The summed E-state index contributed by atoms with van der Waals surface area (Å²) in [4.78, 5) is 37.4. The lowest BCUT2D eigenvalue weighted by atomic mass is 10.0. The quantitative estimate of drug-likeness (QED) is 0.0211. The molecule has 0 aromatic rings. The molecule has 0 saturated carbocycles. The van der Waals surface area contributed by atoms with Crippen molar-refractivity contribution in [3.8, 4) is 0 Å². The van der Waals surface area contributed by atoms with Crippen LogP contribution in [0.3, 0.4) is 0 Å². The molecule has 0 aromatic heterocycles. The van der Waals surface area contributed by atoms with Crippen molar-refractivity contribution < 1.29 is 42.9 Å². The van der Waals surface area contributed by atoms with Crippen LogP contribution in [0.1, 0.15) is 206 Å². The van der Waals surface area contributed by atoms with Crippen LogP contribution in [-0.2, 0) is 33.3 Å². The molecule has 0 spiro atoms. The van der Waals surface area contributed by atoms with Crippen molar-refractivity contribution in [1.29, 1.82) is 0 Å². The van der Waals surface area contributed by atoms with Crippen LogP contribution in [0.4, 0.5) is 0 Å². The second-order valence-electron chi connectivity index (χ2n) is 19.5. The Morgan fingerprint density at radius 3 is 1.13 bits per heavy atom. The van der Waals surface area contributed by atoms with E-state index in [0.29, 0.717) is 17.4 Å². The normalized spacial score (nSPS) is 13.6. The maximum atomic E-state index is 12.9. The molecule has 2 atom stereocenters. The molecule has 0 fully saturated rings. The molecule has 0 heterocycles. The third-order valence-electron chi connectivity index (χ3n) is 11.5. The number of carbonyl (C=O) groups excluding carboxylic acids is 2. The first-order valence-corrected chi connectivity index (χ1v) is 28.1. The maximum absolute atomic E-state index is 12.9. The molecule has 0 radical (unpaired) electrons. The van der Waals surface area contributed by atoms with Gasteiger partial charge < -0.3 is 28.5 Å². The molecule has 0 bridgehead atoms. The summed E-state index contributed by atoms with van der Waals surface area (Å²) in [5, 5.41) is 9.69. The largest absolute Gasteiger partial charge is 0.477 e. The average Bonchev–Trinajstić information content (AvgIpc) is 3.34. The molecule has 404 valence electrons. The Bertz CT molecular complexity index is 1530. The van der Waals surface area contributed by atoms with E-state index in [1.807, 2.05) is 21.1 Å². The summed E-state index contributed by atoms with van der Waals surface area (Å²) in [5.74, 6) is -2.03. The summed E-state index contributed by atoms with van der Waals surface area (Å²) < 4.78 is 22.8. The van der Waals surface area contributed by atoms with Gasteiger partial charge in [-0.05, 0) is 96.3 Å². The maximum Gasteiger partial charge on any atom is 0.361 e. The molecule has 9 heteroatoms. The Labute approximate surface area is 434 Å². The van der Waals surface area contributed by atoms with E-state index in [9.17, 15) is 19.5 Å². The topological polar surface area (TPSA) is 108 Å². The summed E-state index contributed by atoms with van der Waals surface area (Å²) >= 11 is 0. The van der Waals surface area contributed by atoms with E-state index in [-0.39, 0.29) is 38.6 Å². The van der Waals surface area contributed by atoms with Crippen molar-refractivity contribution in [2.75, 3.05) is 47.5 Å². The van der Waals surface area contributed by atoms with Gasteiger partial charge in [0.2, 0.25) is 0 Å². The minimum absolute atomic E-state index is 0.179. The van der Waals surface area contributed by atoms with Crippen LogP contribution in [0.25, 0.3) is 0 Å². The van der Waals surface area contributed by atoms with Crippen LogP contribution in [0, 0.1) is 0 Å². The van der Waals surface area contributed by atoms with Crippen molar-refractivity contribution in [1.82, 2.24) is 0 Å². The number of likely N-dealkylation sites (N-methyl/N-ethyl adjacent to an activating group) is 1. The van der Waals surface area contributed by atoms with Gasteiger partial charge in [-0.15, -0.1) is 0 Å². The number of allylic oxidation sites excluding steroid dienone is 18. The monoisotopic (exact) mass is 991 g/mol. The highest BCUT2D eigenvalue weighted by Crippen LogP contribution is 2.15. The molecule has 0 aliphatic carbocycles. The predicted molar refractivity (Wildman–Crippen MR) is 299 cm³/mol. The third kappa shape index (κ3) is 53.6. The van der Waals surface area contributed by atoms with Crippen LogP contribution in [0.5, 0.6) is 0 Å². The van der Waals surface area contributed by atoms with E-state index >= 15 is 0 Å². The van der Waals surface area contributed by atoms with E-state index in [1.165, 1.54) is 57.8 Å². The van der Waals surface area contributed by atoms with Crippen LogP contribution in [-0.4, -0.2) is 87.4 Å². The Morgan fingerprint density at radius 1 is 0.423 bits per heavy atom. The first kappa shape index (κ1) is 67.0. The molecule has 0 saturated heterocycles. The number of hydrogen-bond acceptors (Lipinski definition) is 7.